The van der Waals surface area contributed by atoms with E-state index in [4.69, 9.17) is 21.1 Å². The van der Waals surface area contributed by atoms with E-state index in [1.54, 1.807) is 0 Å². The highest BCUT2D eigenvalue weighted by atomic mass is 35.5. The first-order valence-electron chi connectivity index (χ1n) is 14.7. The van der Waals surface area contributed by atoms with Crippen molar-refractivity contribution in [1.29, 1.82) is 0 Å². The van der Waals surface area contributed by atoms with Crippen LogP contribution in [0.1, 0.15) is 61.5 Å². The average Bonchev–Trinajstić information content (AvgIpc) is 3.23. The van der Waals surface area contributed by atoms with Gasteiger partial charge in [-0.15, -0.1) is 0 Å². The molecule has 1 aliphatic heterocycles. The van der Waals surface area contributed by atoms with Gasteiger partial charge in [-0.2, -0.15) is 5.10 Å². The third kappa shape index (κ3) is 7.22. The van der Waals surface area contributed by atoms with Gasteiger partial charge in [-0.25, -0.2) is 0 Å². The summed E-state index contributed by atoms with van der Waals surface area (Å²) >= 11 is 7.72. The first kappa shape index (κ1) is 29.8. The fourth-order valence-electron chi connectivity index (χ4n) is 6.02. The first-order valence-corrected chi connectivity index (χ1v) is 15.9. The van der Waals surface area contributed by atoms with Gasteiger partial charge in [0.05, 0.1) is 36.9 Å². The zero-order valence-corrected chi connectivity index (χ0v) is 25.8. The number of fused-ring (bicyclic) bond motifs is 1. The van der Waals surface area contributed by atoms with Crippen LogP contribution >= 0.6 is 23.5 Å². The molecule has 2 aliphatic rings. The second-order valence-electron chi connectivity index (χ2n) is 11.2. The molecular formula is C32H41ClN4O3S. The molecule has 2 heterocycles. The minimum absolute atomic E-state index is 0.220. The first-order chi connectivity index (χ1) is 20.0. The number of rotatable bonds is 13. The molecule has 41 heavy (non-hydrogen) atoms. The Morgan fingerprint density at radius 2 is 2.02 bits per heavy atom. The monoisotopic (exact) mass is 596 g/mol. The number of hydrogen-bond acceptors (Lipinski definition) is 6. The third-order valence-electron chi connectivity index (χ3n) is 8.44. The molecule has 3 unspecified atom stereocenters. The van der Waals surface area contributed by atoms with Gasteiger partial charge >= 0.3 is 0 Å². The van der Waals surface area contributed by atoms with Crippen molar-refractivity contribution in [1.82, 2.24) is 14.5 Å². The van der Waals surface area contributed by atoms with Gasteiger partial charge in [-0.1, -0.05) is 37.9 Å². The Morgan fingerprint density at radius 3 is 2.76 bits per heavy atom. The van der Waals surface area contributed by atoms with Gasteiger partial charge in [0.2, 0.25) is 6.41 Å². The number of ether oxygens (including phenoxy) is 2. The van der Waals surface area contributed by atoms with Crippen molar-refractivity contribution < 1.29 is 14.3 Å². The summed E-state index contributed by atoms with van der Waals surface area (Å²) in [4.78, 5) is 14.4. The summed E-state index contributed by atoms with van der Waals surface area (Å²) in [5.41, 5.74) is 5.95. The van der Waals surface area contributed by atoms with Crippen LogP contribution in [0.15, 0.2) is 47.4 Å². The molecule has 9 heteroatoms. The van der Waals surface area contributed by atoms with Crippen molar-refractivity contribution in [3.05, 3.63) is 70.0 Å². The van der Waals surface area contributed by atoms with Gasteiger partial charge in [-0.05, 0) is 97.0 Å². The zero-order valence-electron chi connectivity index (χ0n) is 24.3. The number of carbonyl (C=O) groups is 1. The average molecular weight is 597 g/mol. The van der Waals surface area contributed by atoms with E-state index < -0.39 is 0 Å². The molecule has 1 saturated carbocycles. The minimum Gasteiger partial charge on any atom is -0.491 e. The van der Waals surface area contributed by atoms with Gasteiger partial charge in [0.15, 0.2) is 0 Å². The summed E-state index contributed by atoms with van der Waals surface area (Å²) in [5.74, 6) is 2.19. The molecular weight excluding hydrogens is 556 g/mol. The molecule has 1 aromatic heterocycles. The highest BCUT2D eigenvalue weighted by Crippen LogP contribution is 2.42. The summed E-state index contributed by atoms with van der Waals surface area (Å²) in [6.07, 6.45) is 6.09. The molecule has 7 nitrogen and oxygen atoms in total. The lowest BCUT2D eigenvalue weighted by molar-refractivity contribution is -0.107. The number of amides is 1. The van der Waals surface area contributed by atoms with E-state index in [1.165, 1.54) is 35.9 Å². The molecule has 1 N–H and O–H groups in total. The highest BCUT2D eigenvalue weighted by Gasteiger charge is 2.35. The molecule has 2 aromatic carbocycles. The van der Waals surface area contributed by atoms with Gasteiger partial charge in [0.25, 0.3) is 0 Å². The second kappa shape index (κ2) is 14.0. The molecule has 3 aromatic rings. The molecule has 5 rings (SSSR count). The van der Waals surface area contributed by atoms with Crippen molar-refractivity contribution in [2.45, 2.75) is 63.4 Å². The summed E-state index contributed by atoms with van der Waals surface area (Å²) in [6.45, 7) is 8.10. The van der Waals surface area contributed by atoms with Crippen LogP contribution in [0.2, 0.25) is 5.02 Å². The molecule has 1 amide bonds. The molecule has 0 bridgehead atoms. The molecule has 0 saturated heterocycles. The maximum Gasteiger partial charge on any atom is 0.217 e. The van der Waals surface area contributed by atoms with E-state index >= 15 is 0 Å². The second-order valence-corrected chi connectivity index (χ2v) is 12.5. The Kier molecular flexibility index (Phi) is 10.2. The van der Waals surface area contributed by atoms with Crippen LogP contribution < -0.4 is 14.4 Å². The highest BCUT2D eigenvalue weighted by molar-refractivity contribution is 7.97. The number of anilines is 1. The summed E-state index contributed by atoms with van der Waals surface area (Å²) in [5, 5.41) is 5.33. The van der Waals surface area contributed by atoms with Crippen molar-refractivity contribution in [2.75, 3.05) is 31.2 Å². The van der Waals surface area contributed by atoms with Crippen LogP contribution in [0.4, 0.5) is 5.69 Å². The number of nitrogens with zero attached hydrogens (tertiary/aromatic N) is 3. The van der Waals surface area contributed by atoms with Crippen LogP contribution in [0.25, 0.3) is 0 Å². The van der Waals surface area contributed by atoms with Crippen molar-refractivity contribution >= 4 is 35.6 Å². The molecule has 220 valence electrons. The van der Waals surface area contributed by atoms with Gasteiger partial charge in [-0.3, -0.25) is 14.2 Å². The number of benzene rings is 2. The SMILES string of the molecule is CCCc1cc(Cl)ccc1C1COc2ccc(SNC=O)cc2N(CC2CCC2COCc2cc(CC)nn2C)C1. The van der Waals surface area contributed by atoms with Gasteiger partial charge in [0.1, 0.15) is 5.75 Å². The number of halogens is 1. The normalized spacial score (nSPS) is 20.1. The van der Waals surface area contributed by atoms with E-state index in [2.05, 4.69) is 52.8 Å². The van der Waals surface area contributed by atoms with Crippen molar-refractivity contribution in [3.8, 4) is 5.75 Å². The topological polar surface area (TPSA) is 68.6 Å². The lowest BCUT2D eigenvalue weighted by atomic mass is 9.73. The Hall–Kier alpha value is -2.68. The van der Waals surface area contributed by atoms with E-state index in [0.717, 1.165) is 71.7 Å². The smallest absolute Gasteiger partial charge is 0.217 e. The van der Waals surface area contributed by atoms with Crippen molar-refractivity contribution in [2.24, 2.45) is 18.9 Å². The number of hydrogen-bond donors (Lipinski definition) is 1. The summed E-state index contributed by atoms with van der Waals surface area (Å²) in [6, 6.07) is 14.6. The Labute approximate surface area is 253 Å². The number of carbonyl (C=O) groups excluding carboxylic acids is 1. The van der Waals surface area contributed by atoms with Gasteiger partial charge < -0.3 is 14.4 Å². The molecule has 0 spiro atoms. The Morgan fingerprint density at radius 1 is 1.17 bits per heavy atom. The standard InChI is InChI=1S/C32H41ClN4O3S/c1-4-6-22-13-26(33)9-11-30(22)25-17-37(31-15-29(41-34-21-38)10-12-32(31)40-19-25)16-23-7-8-24(23)18-39-20-28-14-27(5-2)35-36(28)3/h9-15,21,23-25H,4-8,16-20H2,1-3H3,(H,34,38). The van der Waals surface area contributed by atoms with Crippen molar-refractivity contribution in [3.63, 3.8) is 0 Å². The zero-order chi connectivity index (χ0) is 28.8. The Balaban J connectivity index is 1.33. The van der Waals surface area contributed by atoms with E-state index in [0.29, 0.717) is 31.5 Å². The fraction of sp³-hybridized carbons (Fsp3) is 0.500. The number of aryl methyl sites for hydroxylation is 3. The lowest BCUT2D eigenvalue weighted by Crippen LogP contribution is -2.41. The van der Waals surface area contributed by atoms with Gasteiger partial charge in [0, 0.05) is 36.0 Å². The van der Waals surface area contributed by atoms with Crippen LogP contribution in [-0.2, 0) is 36.0 Å². The maximum atomic E-state index is 10.9. The van der Waals surface area contributed by atoms with Crippen LogP contribution in [0.5, 0.6) is 5.75 Å². The van der Waals surface area contributed by atoms with E-state index in [9.17, 15) is 4.79 Å². The van der Waals surface area contributed by atoms with Crippen LogP contribution in [-0.4, -0.2) is 42.5 Å². The fourth-order valence-corrected chi connectivity index (χ4v) is 6.71. The molecule has 1 fully saturated rings. The third-order valence-corrected chi connectivity index (χ3v) is 9.38. The van der Waals surface area contributed by atoms with E-state index in [1.807, 2.05) is 29.9 Å². The summed E-state index contributed by atoms with van der Waals surface area (Å²) < 4.78 is 17.3. The van der Waals surface area contributed by atoms with Crippen LogP contribution in [0, 0.1) is 11.8 Å². The number of aromatic nitrogens is 2. The molecule has 0 radical (unpaired) electrons. The maximum absolute atomic E-state index is 10.9. The largest absolute Gasteiger partial charge is 0.491 e. The van der Waals surface area contributed by atoms with Crippen LogP contribution in [0.3, 0.4) is 0 Å². The summed E-state index contributed by atoms with van der Waals surface area (Å²) in [7, 11) is 1.99. The Bertz CT molecular complexity index is 1330. The molecule has 1 aliphatic carbocycles. The predicted octanol–water partition coefficient (Wildman–Crippen LogP) is 6.57. The number of nitrogens with one attached hydrogen (secondary N) is 1. The predicted molar refractivity (Wildman–Crippen MR) is 166 cm³/mol. The minimum atomic E-state index is 0.220. The lowest BCUT2D eigenvalue weighted by Gasteiger charge is -2.41. The molecule has 3 atom stereocenters. The van der Waals surface area contributed by atoms with E-state index in [-0.39, 0.29) is 5.92 Å². The quantitative estimate of drug-likeness (QED) is 0.178.